The highest BCUT2D eigenvalue weighted by Gasteiger charge is 2.21. The van der Waals surface area contributed by atoms with E-state index in [0.717, 1.165) is 32.0 Å². The molecule has 1 aromatic rings. The smallest absolute Gasteiger partial charge is 0.227 e. The maximum atomic E-state index is 13.6. The van der Waals surface area contributed by atoms with Crippen LogP contribution >= 0.6 is 0 Å². The Hall–Kier alpha value is -1.49. The van der Waals surface area contributed by atoms with Crippen LogP contribution in [0.2, 0.25) is 0 Å². The molecule has 0 atom stereocenters. The Morgan fingerprint density at radius 1 is 1.33 bits per heavy atom. The van der Waals surface area contributed by atoms with Gasteiger partial charge in [0.05, 0.1) is 6.42 Å². The molecule has 3 nitrogen and oxygen atoms in total. The monoisotopic (exact) mass is 296 g/mol. The van der Waals surface area contributed by atoms with Crippen molar-refractivity contribution in [1.82, 2.24) is 10.2 Å². The third-order valence-corrected chi connectivity index (χ3v) is 4.04. The van der Waals surface area contributed by atoms with Crippen molar-refractivity contribution in [2.75, 3.05) is 26.2 Å². The molecule has 5 heteroatoms. The molecule has 1 fully saturated rings. The first-order chi connectivity index (χ1) is 10.1. The van der Waals surface area contributed by atoms with Crippen LogP contribution in [0, 0.1) is 17.6 Å². The number of hydrogen-bond acceptors (Lipinski definition) is 2. The molecular weight excluding hydrogens is 274 g/mol. The molecule has 0 bridgehead atoms. The number of nitrogens with zero attached hydrogens (tertiary/aromatic N) is 1. The summed E-state index contributed by atoms with van der Waals surface area (Å²) in [5.74, 6) is -1.46. The van der Waals surface area contributed by atoms with Gasteiger partial charge in [0.25, 0.3) is 0 Å². The number of benzene rings is 1. The topological polar surface area (TPSA) is 32.3 Å². The minimum absolute atomic E-state index is 0.0809. The molecule has 21 heavy (non-hydrogen) atoms. The number of carbonyl (C=O) groups is 1. The van der Waals surface area contributed by atoms with Crippen LogP contribution in [0.3, 0.4) is 0 Å². The fourth-order valence-corrected chi connectivity index (χ4v) is 2.74. The third-order valence-electron chi connectivity index (χ3n) is 4.04. The van der Waals surface area contributed by atoms with Crippen molar-refractivity contribution in [2.24, 2.45) is 5.92 Å². The van der Waals surface area contributed by atoms with Gasteiger partial charge in [0, 0.05) is 18.7 Å². The Morgan fingerprint density at radius 3 is 2.71 bits per heavy atom. The number of likely N-dealkylation sites (N-methyl/N-ethyl adjacent to an activating group) is 1. The molecule has 1 aliphatic heterocycles. The van der Waals surface area contributed by atoms with Crippen molar-refractivity contribution in [3.05, 3.63) is 35.4 Å². The number of carbonyl (C=O) groups excluding carboxylic acids is 1. The van der Waals surface area contributed by atoms with Crippen LogP contribution < -0.4 is 5.32 Å². The fourth-order valence-electron chi connectivity index (χ4n) is 2.74. The zero-order valence-corrected chi connectivity index (χ0v) is 12.4. The predicted octanol–water partition coefficient (Wildman–Crippen LogP) is 2.36. The lowest BCUT2D eigenvalue weighted by Crippen LogP contribution is -2.40. The van der Waals surface area contributed by atoms with Crippen LogP contribution in [0.15, 0.2) is 18.2 Å². The normalized spacial score (nSPS) is 16.0. The van der Waals surface area contributed by atoms with Crippen molar-refractivity contribution in [2.45, 2.75) is 26.2 Å². The average molecular weight is 296 g/mol. The molecule has 0 saturated carbocycles. The number of halogens is 2. The highest BCUT2D eigenvalue weighted by molar-refractivity contribution is 5.78. The third kappa shape index (κ3) is 4.24. The van der Waals surface area contributed by atoms with Crippen LogP contribution in [-0.2, 0) is 11.2 Å². The Morgan fingerprint density at radius 2 is 2.05 bits per heavy atom. The van der Waals surface area contributed by atoms with E-state index >= 15 is 0 Å². The minimum atomic E-state index is -0.913. The van der Waals surface area contributed by atoms with E-state index in [2.05, 4.69) is 5.32 Å². The summed E-state index contributed by atoms with van der Waals surface area (Å²) >= 11 is 0. The second kappa shape index (κ2) is 7.50. The van der Waals surface area contributed by atoms with Gasteiger partial charge in [0.2, 0.25) is 5.91 Å². The van der Waals surface area contributed by atoms with Crippen LogP contribution in [0.4, 0.5) is 8.78 Å². The molecule has 1 aliphatic rings. The van der Waals surface area contributed by atoms with E-state index in [9.17, 15) is 13.6 Å². The number of piperidine rings is 1. The highest BCUT2D eigenvalue weighted by atomic mass is 19.2. The van der Waals surface area contributed by atoms with Crippen LogP contribution in [0.25, 0.3) is 0 Å². The van der Waals surface area contributed by atoms with Crippen molar-refractivity contribution >= 4 is 5.91 Å². The lowest BCUT2D eigenvalue weighted by Gasteiger charge is -2.29. The quantitative estimate of drug-likeness (QED) is 0.904. The van der Waals surface area contributed by atoms with Gasteiger partial charge in [-0.25, -0.2) is 8.78 Å². The summed E-state index contributed by atoms with van der Waals surface area (Å²) in [5.41, 5.74) is 0.128. The molecule has 2 rings (SSSR count). The molecule has 0 aliphatic carbocycles. The van der Waals surface area contributed by atoms with Gasteiger partial charge in [-0.15, -0.1) is 0 Å². The van der Waals surface area contributed by atoms with Gasteiger partial charge >= 0.3 is 0 Å². The SMILES string of the molecule is CCN(CC1CCNCC1)C(=O)Cc1cccc(F)c1F. The Bertz CT molecular complexity index is 487. The standard InChI is InChI=1S/C16H22F2N2O/c1-2-20(11-12-6-8-19-9-7-12)15(21)10-13-4-3-5-14(17)16(13)18/h3-5,12,19H,2,6-11H2,1H3. The van der Waals surface area contributed by atoms with Gasteiger partial charge in [-0.1, -0.05) is 12.1 Å². The molecule has 0 spiro atoms. The second-order valence-electron chi connectivity index (χ2n) is 5.52. The Labute approximate surface area is 124 Å². The number of hydrogen-bond donors (Lipinski definition) is 1. The van der Waals surface area contributed by atoms with E-state index in [0.29, 0.717) is 19.0 Å². The maximum absolute atomic E-state index is 13.6. The molecule has 0 radical (unpaired) electrons. The number of amides is 1. The zero-order chi connectivity index (χ0) is 15.2. The average Bonchev–Trinajstić information content (AvgIpc) is 2.50. The van der Waals surface area contributed by atoms with Crippen LogP contribution in [0.5, 0.6) is 0 Å². The van der Waals surface area contributed by atoms with Gasteiger partial charge in [0.1, 0.15) is 0 Å². The summed E-state index contributed by atoms with van der Waals surface area (Å²) in [6, 6.07) is 3.97. The van der Waals surface area contributed by atoms with Crippen LogP contribution in [0.1, 0.15) is 25.3 Å². The van der Waals surface area contributed by atoms with Gasteiger partial charge in [-0.05, 0) is 44.8 Å². The summed E-state index contributed by atoms with van der Waals surface area (Å²) in [7, 11) is 0. The van der Waals surface area contributed by atoms with Gasteiger partial charge in [-0.2, -0.15) is 0 Å². The van der Waals surface area contributed by atoms with Crippen LogP contribution in [-0.4, -0.2) is 37.0 Å². The van der Waals surface area contributed by atoms with Gasteiger partial charge in [-0.3, -0.25) is 4.79 Å². The lowest BCUT2D eigenvalue weighted by atomic mass is 9.97. The highest BCUT2D eigenvalue weighted by Crippen LogP contribution is 2.16. The number of nitrogens with one attached hydrogen (secondary N) is 1. The largest absolute Gasteiger partial charge is 0.342 e. The molecule has 1 aromatic carbocycles. The second-order valence-corrected chi connectivity index (χ2v) is 5.52. The summed E-state index contributed by atoms with van der Waals surface area (Å²) in [5, 5.41) is 3.29. The van der Waals surface area contributed by atoms with Crippen molar-refractivity contribution in [3.63, 3.8) is 0 Å². The zero-order valence-electron chi connectivity index (χ0n) is 12.4. The molecular formula is C16H22F2N2O. The lowest BCUT2D eigenvalue weighted by molar-refractivity contribution is -0.131. The van der Waals surface area contributed by atoms with E-state index in [-0.39, 0.29) is 17.9 Å². The van der Waals surface area contributed by atoms with Gasteiger partial charge in [0.15, 0.2) is 11.6 Å². The van der Waals surface area contributed by atoms with E-state index in [4.69, 9.17) is 0 Å². The molecule has 1 saturated heterocycles. The molecule has 1 amide bonds. The fraction of sp³-hybridized carbons (Fsp3) is 0.562. The van der Waals surface area contributed by atoms with Crippen molar-refractivity contribution < 1.29 is 13.6 Å². The Kier molecular flexibility index (Phi) is 5.67. The summed E-state index contributed by atoms with van der Waals surface area (Å²) in [6.45, 7) is 5.18. The van der Waals surface area contributed by atoms with E-state index in [1.54, 1.807) is 4.90 Å². The first kappa shape index (κ1) is 15.9. The van der Waals surface area contributed by atoms with Gasteiger partial charge < -0.3 is 10.2 Å². The number of rotatable bonds is 5. The first-order valence-corrected chi connectivity index (χ1v) is 7.53. The van der Waals surface area contributed by atoms with E-state index in [1.165, 1.54) is 12.1 Å². The predicted molar refractivity (Wildman–Crippen MR) is 77.9 cm³/mol. The molecule has 116 valence electrons. The minimum Gasteiger partial charge on any atom is -0.342 e. The molecule has 0 unspecified atom stereocenters. The van der Waals surface area contributed by atoms with Crippen molar-refractivity contribution in [3.8, 4) is 0 Å². The first-order valence-electron chi connectivity index (χ1n) is 7.53. The molecule has 1 N–H and O–H groups in total. The summed E-state index contributed by atoms with van der Waals surface area (Å²) in [4.78, 5) is 14.1. The van der Waals surface area contributed by atoms with Crippen molar-refractivity contribution in [1.29, 1.82) is 0 Å². The molecule has 1 heterocycles. The van der Waals surface area contributed by atoms with E-state index in [1.807, 2.05) is 6.92 Å². The van der Waals surface area contributed by atoms with E-state index < -0.39 is 11.6 Å². The summed E-state index contributed by atoms with van der Waals surface area (Å²) < 4.78 is 26.8. The molecule has 0 aromatic heterocycles. The Balaban J connectivity index is 1.97. The maximum Gasteiger partial charge on any atom is 0.227 e. The summed E-state index contributed by atoms with van der Waals surface area (Å²) in [6.07, 6.45) is 2.03.